The zero-order valence-corrected chi connectivity index (χ0v) is 12.8. The molecule has 0 atom stereocenters. The van der Waals surface area contributed by atoms with Crippen LogP contribution in [0.5, 0.6) is 0 Å². The first-order valence-electron chi connectivity index (χ1n) is 7.54. The van der Waals surface area contributed by atoms with Crippen LogP contribution in [0.4, 0.5) is 5.82 Å². The van der Waals surface area contributed by atoms with Crippen molar-refractivity contribution in [2.75, 3.05) is 31.5 Å². The van der Waals surface area contributed by atoms with E-state index in [-0.39, 0.29) is 0 Å². The standard InChI is InChI=1S/C17H22N4/c1-3-10-21(4-2)11-9-19-17-12-14(13-18)15-7-5-6-8-16(15)20-17/h5-8,12H,3-4,9-11H2,1-2H3,(H,19,20). The number of anilines is 1. The predicted octanol–water partition coefficient (Wildman–Crippen LogP) is 3.25. The average Bonchev–Trinajstić information content (AvgIpc) is 2.53. The van der Waals surface area contributed by atoms with Gasteiger partial charge >= 0.3 is 0 Å². The van der Waals surface area contributed by atoms with Gasteiger partial charge in [0, 0.05) is 18.5 Å². The van der Waals surface area contributed by atoms with Gasteiger partial charge in [-0.1, -0.05) is 32.0 Å². The molecule has 0 saturated heterocycles. The molecule has 4 nitrogen and oxygen atoms in total. The van der Waals surface area contributed by atoms with E-state index in [1.54, 1.807) is 0 Å². The van der Waals surface area contributed by atoms with Crippen molar-refractivity contribution in [2.45, 2.75) is 20.3 Å². The normalized spacial score (nSPS) is 10.8. The van der Waals surface area contributed by atoms with Crippen LogP contribution in [-0.2, 0) is 0 Å². The van der Waals surface area contributed by atoms with Crippen LogP contribution >= 0.6 is 0 Å². The van der Waals surface area contributed by atoms with Crippen molar-refractivity contribution in [3.05, 3.63) is 35.9 Å². The highest BCUT2D eigenvalue weighted by molar-refractivity contribution is 5.86. The summed E-state index contributed by atoms with van der Waals surface area (Å²) in [6.07, 6.45) is 1.17. The number of pyridine rings is 1. The minimum atomic E-state index is 0.670. The number of benzene rings is 1. The van der Waals surface area contributed by atoms with Crippen molar-refractivity contribution < 1.29 is 0 Å². The lowest BCUT2D eigenvalue weighted by Gasteiger charge is -2.19. The molecule has 1 N–H and O–H groups in total. The second-order valence-corrected chi connectivity index (χ2v) is 5.05. The van der Waals surface area contributed by atoms with Gasteiger partial charge in [0.1, 0.15) is 5.82 Å². The molecular formula is C17H22N4. The van der Waals surface area contributed by atoms with Crippen LogP contribution in [0.15, 0.2) is 30.3 Å². The van der Waals surface area contributed by atoms with E-state index < -0.39 is 0 Å². The molecule has 0 saturated carbocycles. The molecule has 0 spiro atoms. The number of rotatable bonds is 7. The summed E-state index contributed by atoms with van der Waals surface area (Å²) in [4.78, 5) is 6.97. The lowest BCUT2D eigenvalue weighted by Crippen LogP contribution is -2.29. The first kappa shape index (κ1) is 15.3. The van der Waals surface area contributed by atoms with E-state index in [1.807, 2.05) is 30.3 Å². The molecule has 0 aliphatic heterocycles. The second kappa shape index (κ2) is 7.61. The van der Waals surface area contributed by atoms with Gasteiger partial charge < -0.3 is 10.2 Å². The maximum absolute atomic E-state index is 9.27. The summed E-state index contributed by atoms with van der Waals surface area (Å²) in [7, 11) is 0. The summed E-state index contributed by atoms with van der Waals surface area (Å²) < 4.78 is 0. The van der Waals surface area contributed by atoms with Crippen LogP contribution in [0.2, 0.25) is 0 Å². The Bertz CT molecular complexity index is 630. The molecule has 0 bridgehead atoms. The number of nitrogens with one attached hydrogen (secondary N) is 1. The summed E-state index contributed by atoms with van der Waals surface area (Å²) >= 11 is 0. The van der Waals surface area contributed by atoms with Crippen LogP contribution in [-0.4, -0.2) is 36.1 Å². The molecule has 0 amide bonds. The average molecular weight is 282 g/mol. The van der Waals surface area contributed by atoms with Gasteiger partial charge in [0.2, 0.25) is 0 Å². The van der Waals surface area contributed by atoms with Crippen molar-refractivity contribution in [2.24, 2.45) is 0 Å². The van der Waals surface area contributed by atoms with Crippen molar-refractivity contribution >= 4 is 16.7 Å². The van der Waals surface area contributed by atoms with Crippen LogP contribution in [0.3, 0.4) is 0 Å². The van der Waals surface area contributed by atoms with E-state index in [0.717, 1.165) is 42.9 Å². The number of hydrogen-bond acceptors (Lipinski definition) is 4. The molecule has 1 aromatic heterocycles. The lowest BCUT2D eigenvalue weighted by atomic mass is 10.1. The van der Waals surface area contributed by atoms with E-state index in [9.17, 15) is 5.26 Å². The smallest absolute Gasteiger partial charge is 0.128 e. The maximum atomic E-state index is 9.27. The van der Waals surface area contributed by atoms with Crippen molar-refractivity contribution in [1.29, 1.82) is 5.26 Å². The fourth-order valence-corrected chi connectivity index (χ4v) is 2.44. The predicted molar refractivity (Wildman–Crippen MR) is 87.4 cm³/mol. The molecule has 0 fully saturated rings. The van der Waals surface area contributed by atoms with Crippen molar-refractivity contribution in [1.82, 2.24) is 9.88 Å². The Balaban J connectivity index is 2.07. The zero-order valence-electron chi connectivity index (χ0n) is 12.8. The number of nitrogens with zero attached hydrogens (tertiary/aromatic N) is 3. The van der Waals surface area contributed by atoms with Crippen molar-refractivity contribution in [3.63, 3.8) is 0 Å². The minimum absolute atomic E-state index is 0.670. The molecule has 21 heavy (non-hydrogen) atoms. The third-order valence-electron chi connectivity index (χ3n) is 3.56. The summed E-state index contributed by atoms with van der Waals surface area (Å²) in [5, 5.41) is 13.5. The van der Waals surface area contributed by atoms with E-state index in [2.05, 4.69) is 35.1 Å². The number of fused-ring (bicyclic) bond motifs is 1. The third kappa shape index (κ3) is 3.93. The molecule has 4 heteroatoms. The van der Waals surface area contributed by atoms with Gasteiger partial charge in [-0.2, -0.15) is 5.26 Å². The monoisotopic (exact) mass is 282 g/mol. The second-order valence-electron chi connectivity index (χ2n) is 5.05. The number of hydrogen-bond donors (Lipinski definition) is 1. The number of likely N-dealkylation sites (N-methyl/N-ethyl adjacent to an activating group) is 1. The topological polar surface area (TPSA) is 52.0 Å². The molecule has 1 aromatic carbocycles. The number of para-hydroxylation sites is 1. The van der Waals surface area contributed by atoms with Gasteiger partial charge in [0.05, 0.1) is 17.1 Å². The Labute approximate surface area is 126 Å². The molecule has 0 unspecified atom stereocenters. The fraction of sp³-hybridized carbons (Fsp3) is 0.412. The molecular weight excluding hydrogens is 260 g/mol. The minimum Gasteiger partial charge on any atom is -0.369 e. The highest BCUT2D eigenvalue weighted by Crippen LogP contribution is 2.19. The van der Waals surface area contributed by atoms with Crippen LogP contribution in [0.25, 0.3) is 10.9 Å². The van der Waals surface area contributed by atoms with Crippen LogP contribution < -0.4 is 5.32 Å². The summed E-state index contributed by atoms with van der Waals surface area (Å²) in [6.45, 7) is 8.37. The Morgan fingerprint density at radius 1 is 1.24 bits per heavy atom. The molecule has 110 valence electrons. The van der Waals surface area contributed by atoms with E-state index in [4.69, 9.17) is 0 Å². The first-order valence-corrected chi connectivity index (χ1v) is 7.54. The highest BCUT2D eigenvalue weighted by Gasteiger charge is 2.05. The van der Waals surface area contributed by atoms with Gasteiger partial charge in [0.25, 0.3) is 0 Å². The molecule has 2 rings (SSSR count). The maximum Gasteiger partial charge on any atom is 0.128 e. The fourth-order valence-electron chi connectivity index (χ4n) is 2.44. The zero-order chi connectivity index (χ0) is 15.1. The van der Waals surface area contributed by atoms with Crippen molar-refractivity contribution in [3.8, 4) is 6.07 Å². The van der Waals surface area contributed by atoms with Gasteiger partial charge in [-0.05, 0) is 31.6 Å². The molecule has 0 aliphatic carbocycles. The SMILES string of the molecule is CCCN(CC)CCNc1cc(C#N)c2ccccc2n1. The van der Waals surface area contributed by atoms with Gasteiger partial charge in [-0.25, -0.2) is 4.98 Å². The molecule has 0 aliphatic rings. The third-order valence-corrected chi connectivity index (χ3v) is 3.56. The molecule has 0 radical (unpaired) electrons. The Hall–Kier alpha value is -2.12. The van der Waals surface area contributed by atoms with Gasteiger partial charge in [0.15, 0.2) is 0 Å². The molecule has 1 heterocycles. The highest BCUT2D eigenvalue weighted by atomic mass is 15.1. The van der Waals surface area contributed by atoms with E-state index in [1.165, 1.54) is 6.42 Å². The molecule has 2 aromatic rings. The van der Waals surface area contributed by atoms with E-state index in [0.29, 0.717) is 5.56 Å². The quantitative estimate of drug-likeness (QED) is 0.847. The largest absolute Gasteiger partial charge is 0.369 e. The Morgan fingerprint density at radius 3 is 2.76 bits per heavy atom. The van der Waals surface area contributed by atoms with Gasteiger partial charge in [-0.15, -0.1) is 0 Å². The lowest BCUT2D eigenvalue weighted by molar-refractivity contribution is 0.300. The van der Waals surface area contributed by atoms with E-state index >= 15 is 0 Å². The number of nitriles is 1. The Kier molecular flexibility index (Phi) is 5.53. The number of aromatic nitrogens is 1. The first-order chi connectivity index (χ1) is 10.3. The van der Waals surface area contributed by atoms with Gasteiger partial charge in [-0.3, -0.25) is 0 Å². The summed E-state index contributed by atoms with van der Waals surface area (Å²) in [6, 6.07) is 11.8. The summed E-state index contributed by atoms with van der Waals surface area (Å²) in [5.41, 5.74) is 1.53. The summed E-state index contributed by atoms with van der Waals surface area (Å²) in [5.74, 6) is 0.776. The Morgan fingerprint density at radius 2 is 2.05 bits per heavy atom. The van der Waals surface area contributed by atoms with Crippen LogP contribution in [0, 0.1) is 11.3 Å². The van der Waals surface area contributed by atoms with Crippen LogP contribution in [0.1, 0.15) is 25.8 Å².